The van der Waals surface area contributed by atoms with Crippen molar-refractivity contribution in [1.29, 1.82) is 0 Å². The summed E-state index contributed by atoms with van der Waals surface area (Å²) in [7, 11) is 0. The molecule has 1 amide bonds. The molecule has 1 fully saturated rings. The highest BCUT2D eigenvalue weighted by Gasteiger charge is 2.26. The Morgan fingerprint density at radius 3 is 2.67 bits per heavy atom. The Hall–Kier alpha value is -2.62. The minimum atomic E-state index is -0.265. The predicted molar refractivity (Wildman–Crippen MR) is 92.3 cm³/mol. The van der Waals surface area contributed by atoms with Crippen molar-refractivity contribution in [3.05, 3.63) is 71.7 Å². The second-order valence-corrected chi connectivity index (χ2v) is 6.44. The maximum Gasteiger partial charge on any atom is 0.221 e. The van der Waals surface area contributed by atoms with E-state index in [0.29, 0.717) is 12.5 Å². The van der Waals surface area contributed by atoms with Crippen LogP contribution in [0.15, 0.2) is 54.7 Å². The second kappa shape index (κ2) is 6.11. The number of aromatic nitrogens is 1. The quantitative estimate of drug-likeness (QED) is 0.729. The predicted octanol–water partition coefficient (Wildman–Crippen LogP) is 4.11. The first kappa shape index (κ1) is 14.9. The molecular formula is C20H19FN2O. The molecule has 1 heterocycles. The lowest BCUT2D eigenvalue weighted by molar-refractivity contribution is -0.121. The third kappa shape index (κ3) is 3.04. The van der Waals surface area contributed by atoms with Gasteiger partial charge in [0.15, 0.2) is 0 Å². The number of aromatic amines is 1. The van der Waals surface area contributed by atoms with E-state index in [4.69, 9.17) is 0 Å². The monoisotopic (exact) mass is 322 g/mol. The highest BCUT2D eigenvalue weighted by atomic mass is 19.1. The van der Waals surface area contributed by atoms with Gasteiger partial charge in [0.2, 0.25) is 5.91 Å². The van der Waals surface area contributed by atoms with E-state index in [0.717, 1.165) is 34.9 Å². The average Bonchev–Trinajstić information content (AvgIpc) is 3.30. The fourth-order valence-corrected chi connectivity index (χ4v) is 3.18. The number of fused-ring (bicyclic) bond motifs is 1. The number of amides is 1. The summed E-state index contributed by atoms with van der Waals surface area (Å²) < 4.78 is 13.3. The molecule has 0 aliphatic heterocycles. The molecule has 1 unspecified atom stereocenters. The Labute approximate surface area is 139 Å². The van der Waals surface area contributed by atoms with E-state index >= 15 is 0 Å². The first-order valence-corrected chi connectivity index (χ1v) is 8.31. The van der Waals surface area contributed by atoms with Gasteiger partial charge in [0.1, 0.15) is 5.82 Å². The standard InChI is InChI=1S/C20H19FN2O/c21-14-7-5-13(6-8-14)17(11-20(24)23-15-9-10-15)18-12-22-19-4-2-1-3-16(18)19/h1-8,12,15,17,22H,9-11H2,(H,23,24). The van der Waals surface area contributed by atoms with Crippen LogP contribution in [0.1, 0.15) is 36.3 Å². The van der Waals surface area contributed by atoms with Crippen LogP contribution in [0, 0.1) is 5.82 Å². The van der Waals surface area contributed by atoms with Gasteiger partial charge in [-0.25, -0.2) is 4.39 Å². The van der Waals surface area contributed by atoms with Gasteiger partial charge in [0, 0.05) is 35.5 Å². The summed E-state index contributed by atoms with van der Waals surface area (Å²) >= 11 is 0. The molecule has 4 heteroatoms. The molecule has 1 saturated carbocycles. The number of rotatable bonds is 5. The number of benzene rings is 2. The fraction of sp³-hybridized carbons (Fsp3) is 0.250. The van der Waals surface area contributed by atoms with E-state index in [-0.39, 0.29) is 17.6 Å². The Bertz CT molecular complexity index is 865. The smallest absolute Gasteiger partial charge is 0.221 e. The first-order chi connectivity index (χ1) is 11.7. The lowest BCUT2D eigenvalue weighted by Gasteiger charge is -2.17. The van der Waals surface area contributed by atoms with Crippen LogP contribution < -0.4 is 5.32 Å². The van der Waals surface area contributed by atoms with Crippen molar-refractivity contribution in [1.82, 2.24) is 10.3 Å². The molecule has 1 aliphatic carbocycles. The summed E-state index contributed by atoms with van der Waals surface area (Å²) in [5, 5.41) is 4.16. The van der Waals surface area contributed by atoms with Gasteiger partial charge in [-0.05, 0) is 42.2 Å². The van der Waals surface area contributed by atoms with Crippen LogP contribution in [-0.4, -0.2) is 16.9 Å². The van der Waals surface area contributed by atoms with Gasteiger partial charge < -0.3 is 10.3 Å². The van der Waals surface area contributed by atoms with Gasteiger partial charge >= 0.3 is 0 Å². The fourth-order valence-electron chi connectivity index (χ4n) is 3.18. The number of carbonyl (C=O) groups excluding carboxylic acids is 1. The lowest BCUT2D eigenvalue weighted by Crippen LogP contribution is -2.27. The molecule has 1 aromatic heterocycles. The third-order valence-corrected chi connectivity index (χ3v) is 4.60. The highest BCUT2D eigenvalue weighted by Crippen LogP contribution is 2.33. The zero-order valence-corrected chi connectivity index (χ0v) is 13.3. The van der Waals surface area contributed by atoms with E-state index in [9.17, 15) is 9.18 Å². The highest BCUT2D eigenvalue weighted by molar-refractivity contribution is 5.86. The molecule has 0 saturated heterocycles. The summed E-state index contributed by atoms with van der Waals surface area (Å²) in [4.78, 5) is 15.7. The van der Waals surface area contributed by atoms with Gasteiger partial charge in [-0.2, -0.15) is 0 Å². The maximum absolute atomic E-state index is 13.3. The van der Waals surface area contributed by atoms with Crippen molar-refractivity contribution in [3.8, 4) is 0 Å². The van der Waals surface area contributed by atoms with E-state index in [1.165, 1.54) is 12.1 Å². The molecular weight excluding hydrogens is 303 g/mol. The molecule has 1 atom stereocenters. The van der Waals surface area contributed by atoms with Gasteiger partial charge in [0.05, 0.1) is 0 Å². The van der Waals surface area contributed by atoms with Gasteiger partial charge in [0.25, 0.3) is 0 Å². The Balaban J connectivity index is 1.71. The van der Waals surface area contributed by atoms with Crippen molar-refractivity contribution in [2.45, 2.75) is 31.2 Å². The lowest BCUT2D eigenvalue weighted by atomic mass is 9.88. The van der Waals surface area contributed by atoms with Gasteiger partial charge in [-0.15, -0.1) is 0 Å². The van der Waals surface area contributed by atoms with E-state index in [1.54, 1.807) is 12.1 Å². The van der Waals surface area contributed by atoms with E-state index in [1.807, 2.05) is 24.4 Å². The summed E-state index contributed by atoms with van der Waals surface area (Å²) in [5.74, 6) is -0.309. The number of halogens is 1. The van der Waals surface area contributed by atoms with Crippen molar-refractivity contribution in [3.63, 3.8) is 0 Å². The van der Waals surface area contributed by atoms with Crippen molar-refractivity contribution >= 4 is 16.8 Å². The number of hydrogen-bond acceptors (Lipinski definition) is 1. The number of carbonyl (C=O) groups is 1. The number of hydrogen-bond donors (Lipinski definition) is 2. The van der Waals surface area contributed by atoms with Crippen molar-refractivity contribution < 1.29 is 9.18 Å². The number of H-pyrrole nitrogens is 1. The largest absolute Gasteiger partial charge is 0.361 e. The SMILES string of the molecule is O=C(CC(c1ccc(F)cc1)c1c[nH]c2ccccc12)NC1CC1. The third-order valence-electron chi connectivity index (χ3n) is 4.60. The molecule has 0 spiro atoms. The molecule has 0 radical (unpaired) electrons. The van der Waals surface area contributed by atoms with Crippen LogP contribution in [0.5, 0.6) is 0 Å². The van der Waals surface area contributed by atoms with Crippen LogP contribution in [-0.2, 0) is 4.79 Å². The average molecular weight is 322 g/mol. The molecule has 3 nitrogen and oxygen atoms in total. The summed E-state index contributed by atoms with van der Waals surface area (Å²) in [6.07, 6.45) is 4.47. The minimum absolute atomic E-state index is 0.0529. The minimum Gasteiger partial charge on any atom is -0.361 e. The Morgan fingerprint density at radius 1 is 1.17 bits per heavy atom. The number of para-hydroxylation sites is 1. The molecule has 122 valence electrons. The molecule has 0 bridgehead atoms. The molecule has 3 aromatic rings. The second-order valence-electron chi connectivity index (χ2n) is 6.44. The molecule has 24 heavy (non-hydrogen) atoms. The molecule has 1 aliphatic rings. The molecule has 4 rings (SSSR count). The first-order valence-electron chi connectivity index (χ1n) is 8.31. The summed E-state index contributed by atoms with van der Waals surface area (Å²) in [5.41, 5.74) is 3.07. The Morgan fingerprint density at radius 2 is 1.92 bits per heavy atom. The summed E-state index contributed by atoms with van der Waals surface area (Å²) in [6, 6.07) is 14.8. The normalized spacial score (nSPS) is 15.4. The zero-order valence-electron chi connectivity index (χ0n) is 13.3. The summed E-state index contributed by atoms with van der Waals surface area (Å²) in [6.45, 7) is 0. The van der Waals surface area contributed by atoms with Crippen molar-refractivity contribution in [2.75, 3.05) is 0 Å². The van der Waals surface area contributed by atoms with Gasteiger partial charge in [-0.3, -0.25) is 4.79 Å². The van der Waals surface area contributed by atoms with Gasteiger partial charge in [-0.1, -0.05) is 30.3 Å². The maximum atomic E-state index is 13.3. The van der Waals surface area contributed by atoms with Crippen molar-refractivity contribution in [2.24, 2.45) is 0 Å². The van der Waals surface area contributed by atoms with Crippen LogP contribution in [0.3, 0.4) is 0 Å². The molecule has 2 N–H and O–H groups in total. The molecule has 2 aromatic carbocycles. The topological polar surface area (TPSA) is 44.9 Å². The Kier molecular flexibility index (Phi) is 3.81. The van der Waals surface area contributed by atoms with Crippen LogP contribution >= 0.6 is 0 Å². The van der Waals surface area contributed by atoms with E-state index in [2.05, 4.69) is 16.4 Å². The van der Waals surface area contributed by atoms with Crippen LogP contribution in [0.4, 0.5) is 4.39 Å². The zero-order chi connectivity index (χ0) is 16.5. The van der Waals surface area contributed by atoms with Crippen LogP contribution in [0.25, 0.3) is 10.9 Å². The van der Waals surface area contributed by atoms with Crippen LogP contribution in [0.2, 0.25) is 0 Å². The van der Waals surface area contributed by atoms with E-state index < -0.39 is 0 Å². The number of nitrogens with one attached hydrogen (secondary N) is 2.